The molecule has 0 aromatic heterocycles. The Morgan fingerprint density at radius 1 is 1.55 bits per heavy atom. The van der Waals surface area contributed by atoms with Crippen molar-refractivity contribution < 1.29 is 19.1 Å². The molecule has 0 saturated heterocycles. The highest BCUT2D eigenvalue weighted by Gasteiger charge is 2.48. The van der Waals surface area contributed by atoms with Crippen LogP contribution < -0.4 is 0 Å². The molecule has 1 aliphatic carbocycles. The molecule has 0 spiro atoms. The second-order valence-corrected chi connectivity index (χ2v) is 5.73. The van der Waals surface area contributed by atoms with Gasteiger partial charge >= 0.3 is 11.9 Å². The number of fused-ring (bicyclic) bond motifs is 1. The summed E-state index contributed by atoms with van der Waals surface area (Å²) in [4.78, 5) is 23.5. The molecule has 108 valence electrons. The Labute approximate surface area is 119 Å². The molecule has 4 nitrogen and oxygen atoms in total. The molecule has 0 bridgehead atoms. The molecule has 20 heavy (non-hydrogen) atoms. The molecule has 1 saturated carbocycles. The van der Waals surface area contributed by atoms with Crippen LogP contribution in [0.25, 0.3) is 0 Å². The van der Waals surface area contributed by atoms with Crippen molar-refractivity contribution in [3.63, 3.8) is 0 Å². The molecule has 0 N–H and O–H groups in total. The van der Waals surface area contributed by atoms with E-state index in [9.17, 15) is 9.59 Å². The number of carbonyl (C=O) groups excluding carboxylic acids is 2. The van der Waals surface area contributed by atoms with E-state index >= 15 is 0 Å². The Balaban J connectivity index is 2.38. The van der Waals surface area contributed by atoms with Crippen molar-refractivity contribution >= 4 is 11.9 Å². The molecular formula is C16H20O4. The zero-order valence-corrected chi connectivity index (χ0v) is 12.2. The van der Waals surface area contributed by atoms with Gasteiger partial charge in [-0.3, -0.25) is 0 Å². The van der Waals surface area contributed by atoms with Crippen LogP contribution in [-0.2, 0) is 19.1 Å². The fraction of sp³-hybridized carbons (Fsp3) is 0.500. The topological polar surface area (TPSA) is 52.6 Å². The van der Waals surface area contributed by atoms with Crippen LogP contribution in [0.3, 0.4) is 0 Å². The smallest absolute Gasteiger partial charge is 0.334 e. The fourth-order valence-corrected chi connectivity index (χ4v) is 3.13. The molecule has 0 amide bonds. The number of hydrogen-bond donors (Lipinski definition) is 0. The Morgan fingerprint density at radius 3 is 2.75 bits per heavy atom. The number of hydrogen-bond acceptors (Lipinski definition) is 4. The molecule has 1 heterocycles. The number of esters is 2. The lowest BCUT2D eigenvalue weighted by Crippen LogP contribution is -2.39. The average Bonchev–Trinajstić information content (AvgIpc) is 2.70. The summed E-state index contributed by atoms with van der Waals surface area (Å²) in [5.41, 5.74) is 1.71. The van der Waals surface area contributed by atoms with Crippen molar-refractivity contribution in [2.45, 2.75) is 32.8 Å². The van der Waals surface area contributed by atoms with E-state index in [0.717, 1.165) is 5.57 Å². The number of rotatable bonds is 3. The van der Waals surface area contributed by atoms with Crippen molar-refractivity contribution in [2.24, 2.45) is 11.3 Å². The lowest BCUT2D eigenvalue weighted by atomic mass is 9.62. The van der Waals surface area contributed by atoms with E-state index in [2.05, 4.69) is 13.2 Å². The second-order valence-electron chi connectivity index (χ2n) is 5.73. The van der Waals surface area contributed by atoms with Gasteiger partial charge in [0.15, 0.2) is 0 Å². The maximum Gasteiger partial charge on any atom is 0.334 e. The van der Waals surface area contributed by atoms with Gasteiger partial charge in [-0.15, -0.1) is 6.58 Å². The Morgan fingerprint density at radius 2 is 2.20 bits per heavy atom. The van der Waals surface area contributed by atoms with Gasteiger partial charge < -0.3 is 9.47 Å². The minimum atomic E-state index is -0.412. The lowest BCUT2D eigenvalue weighted by molar-refractivity contribution is -0.142. The first kappa shape index (κ1) is 14.6. The summed E-state index contributed by atoms with van der Waals surface area (Å²) >= 11 is 0. The summed E-state index contributed by atoms with van der Waals surface area (Å²) < 4.78 is 10.2. The van der Waals surface area contributed by atoms with Crippen molar-refractivity contribution in [3.8, 4) is 0 Å². The van der Waals surface area contributed by atoms with E-state index < -0.39 is 5.97 Å². The standard InChI is InChI=1S/C16H20O4/c1-6-16(4)8-13-11(9(2)15(18)20-13)7-12(16)10(3)14(17)19-5/h6,12-13H,1,3,7-8H2,2,4-5H3/t12-,13-,16-/m1/s1. The number of ether oxygens (including phenoxy) is 2. The average molecular weight is 276 g/mol. The summed E-state index contributed by atoms with van der Waals surface area (Å²) in [6, 6.07) is 0. The summed E-state index contributed by atoms with van der Waals surface area (Å²) in [5, 5.41) is 0. The van der Waals surface area contributed by atoms with Crippen LogP contribution in [0.15, 0.2) is 36.0 Å². The predicted octanol–water partition coefficient (Wildman–Crippen LogP) is 2.56. The quantitative estimate of drug-likeness (QED) is 0.451. The maximum atomic E-state index is 11.8. The predicted molar refractivity (Wildman–Crippen MR) is 74.8 cm³/mol. The van der Waals surface area contributed by atoms with Gasteiger partial charge in [0.1, 0.15) is 6.10 Å². The van der Waals surface area contributed by atoms with E-state index in [1.165, 1.54) is 7.11 Å². The molecule has 0 aromatic rings. The van der Waals surface area contributed by atoms with Gasteiger partial charge in [0.25, 0.3) is 0 Å². The van der Waals surface area contributed by atoms with Gasteiger partial charge in [-0.1, -0.05) is 19.6 Å². The molecule has 2 aliphatic rings. The molecular weight excluding hydrogens is 256 g/mol. The van der Waals surface area contributed by atoms with Gasteiger partial charge in [-0.25, -0.2) is 9.59 Å². The van der Waals surface area contributed by atoms with Gasteiger partial charge in [-0.2, -0.15) is 0 Å². The van der Waals surface area contributed by atoms with Crippen LogP contribution in [0.2, 0.25) is 0 Å². The third-order valence-corrected chi connectivity index (χ3v) is 4.61. The second kappa shape index (κ2) is 4.93. The van der Waals surface area contributed by atoms with E-state index in [-0.39, 0.29) is 23.4 Å². The van der Waals surface area contributed by atoms with Gasteiger partial charge in [0, 0.05) is 17.1 Å². The number of allylic oxidation sites excluding steroid dienone is 1. The Kier molecular flexibility index (Phi) is 3.59. The number of methoxy groups -OCH3 is 1. The van der Waals surface area contributed by atoms with Crippen molar-refractivity contribution in [3.05, 3.63) is 36.0 Å². The van der Waals surface area contributed by atoms with Gasteiger partial charge in [-0.05, 0) is 30.8 Å². The minimum absolute atomic E-state index is 0.122. The van der Waals surface area contributed by atoms with Crippen LogP contribution in [0.1, 0.15) is 26.7 Å². The normalized spacial score (nSPS) is 32.5. The van der Waals surface area contributed by atoms with E-state index in [1.807, 2.05) is 13.0 Å². The molecule has 1 fully saturated rings. The molecule has 0 aromatic carbocycles. The van der Waals surface area contributed by atoms with Crippen LogP contribution in [0.5, 0.6) is 0 Å². The molecule has 0 unspecified atom stereocenters. The SMILES string of the molecule is C=C[C@]1(C)C[C@H]2OC(=O)C(C)=C2C[C@@H]1C(=C)C(=O)OC. The van der Waals surface area contributed by atoms with Crippen LogP contribution in [0.4, 0.5) is 0 Å². The zero-order valence-electron chi connectivity index (χ0n) is 12.2. The first-order chi connectivity index (χ1) is 9.34. The summed E-state index contributed by atoms with van der Waals surface area (Å²) in [6.07, 6.45) is 2.82. The van der Waals surface area contributed by atoms with Crippen molar-refractivity contribution in [1.82, 2.24) is 0 Å². The van der Waals surface area contributed by atoms with E-state index in [1.54, 1.807) is 6.92 Å². The largest absolute Gasteiger partial charge is 0.466 e. The summed E-state index contributed by atoms with van der Waals surface area (Å²) in [7, 11) is 1.34. The molecule has 1 aliphatic heterocycles. The Hall–Kier alpha value is -1.84. The van der Waals surface area contributed by atoms with Gasteiger partial charge in [0.2, 0.25) is 0 Å². The van der Waals surface area contributed by atoms with E-state index in [4.69, 9.17) is 9.47 Å². The summed E-state index contributed by atoms with van der Waals surface area (Å²) in [5.74, 6) is -0.797. The van der Waals surface area contributed by atoms with Crippen LogP contribution >= 0.6 is 0 Å². The summed E-state index contributed by atoms with van der Waals surface area (Å²) in [6.45, 7) is 11.5. The molecule has 4 heteroatoms. The zero-order chi connectivity index (χ0) is 15.1. The van der Waals surface area contributed by atoms with E-state index in [0.29, 0.717) is 24.0 Å². The highest BCUT2D eigenvalue weighted by Crippen LogP contribution is 2.50. The van der Waals surface area contributed by atoms with Gasteiger partial charge in [0.05, 0.1) is 7.11 Å². The molecule has 3 atom stereocenters. The first-order valence-corrected chi connectivity index (χ1v) is 6.65. The Bertz CT molecular complexity index is 529. The van der Waals surface area contributed by atoms with Crippen molar-refractivity contribution in [1.29, 1.82) is 0 Å². The minimum Gasteiger partial charge on any atom is -0.466 e. The highest BCUT2D eigenvalue weighted by molar-refractivity contribution is 5.92. The molecule has 0 radical (unpaired) electrons. The fourth-order valence-electron chi connectivity index (χ4n) is 3.13. The van der Waals surface area contributed by atoms with Crippen LogP contribution in [-0.4, -0.2) is 25.2 Å². The third kappa shape index (κ3) is 2.09. The molecule has 2 rings (SSSR count). The van der Waals surface area contributed by atoms with Crippen LogP contribution in [0, 0.1) is 11.3 Å². The lowest BCUT2D eigenvalue weighted by Gasteiger charge is -2.42. The highest BCUT2D eigenvalue weighted by atomic mass is 16.5. The van der Waals surface area contributed by atoms with Crippen molar-refractivity contribution in [2.75, 3.05) is 7.11 Å². The monoisotopic (exact) mass is 276 g/mol. The maximum absolute atomic E-state index is 11.8. The number of carbonyl (C=O) groups is 2. The first-order valence-electron chi connectivity index (χ1n) is 6.65. The third-order valence-electron chi connectivity index (χ3n) is 4.61.